The second-order valence-electron chi connectivity index (χ2n) is 6.84. The van der Waals surface area contributed by atoms with E-state index in [-0.39, 0.29) is 11.3 Å². The Kier molecular flexibility index (Phi) is 5.94. The molecule has 4 aromatic rings. The number of amides is 1. The first-order chi connectivity index (χ1) is 14.7. The molecule has 8 heteroatoms. The maximum atomic E-state index is 13.0. The van der Waals surface area contributed by atoms with Gasteiger partial charge in [-0.1, -0.05) is 44.0 Å². The molecule has 0 radical (unpaired) electrons. The predicted molar refractivity (Wildman–Crippen MR) is 119 cm³/mol. The minimum Gasteiger partial charge on any atom is -0.296 e. The second kappa shape index (κ2) is 8.96. The SMILES string of the molecule is CCCCCn1nc(C(=O)Nc2nc(-c3ccccn3)cs2)c2ccccc2c1=O. The number of carbonyl (C=O) groups excluding carboxylic acids is 1. The molecule has 0 atom stereocenters. The van der Waals surface area contributed by atoms with E-state index in [1.807, 2.05) is 23.6 Å². The van der Waals surface area contributed by atoms with E-state index in [0.29, 0.717) is 28.1 Å². The normalized spacial score (nSPS) is 11.0. The van der Waals surface area contributed by atoms with Crippen molar-refractivity contribution in [3.63, 3.8) is 0 Å². The summed E-state index contributed by atoms with van der Waals surface area (Å²) in [6.07, 6.45) is 4.57. The largest absolute Gasteiger partial charge is 0.296 e. The van der Waals surface area contributed by atoms with Gasteiger partial charge in [0.1, 0.15) is 5.69 Å². The molecule has 1 N–H and O–H groups in total. The van der Waals surface area contributed by atoms with E-state index in [1.165, 1.54) is 16.0 Å². The van der Waals surface area contributed by atoms with E-state index in [9.17, 15) is 9.59 Å². The number of aromatic nitrogens is 4. The third-order valence-corrected chi connectivity index (χ3v) is 5.47. The van der Waals surface area contributed by atoms with Gasteiger partial charge in [-0.25, -0.2) is 9.67 Å². The summed E-state index contributed by atoms with van der Waals surface area (Å²) in [6.45, 7) is 2.58. The Morgan fingerprint density at radius 2 is 1.87 bits per heavy atom. The third kappa shape index (κ3) is 4.13. The zero-order chi connectivity index (χ0) is 20.9. The zero-order valence-corrected chi connectivity index (χ0v) is 17.4. The molecule has 1 aromatic carbocycles. The highest BCUT2D eigenvalue weighted by Crippen LogP contribution is 2.24. The number of thiazole rings is 1. The van der Waals surface area contributed by atoms with E-state index in [0.717, 1.165) is 25.0 Å². The molecule has 0 fully saturated rings. The van der Waals surface area contributed by atoms with Gasteiger partial charge < -0.3 is 0 Å². The van der Waals surface area contributed by atoms with Crippen LogP contribution in [0.2, 0.25) is 0 Å². The molecule has 30 heavy (non-hydrogen) atoms. The molecule has 0 aliphatic carbocycles. The molecule has 0 saturated carbocycles. The zero-order valence-electron chi connectivity index (χ0n) is 16.5. The molecule has 4 rings (SSSR count). The average Bonchev–Trinajstić information content (AvgIpc) is 3.24. The molecular weight excluding hydrogens is 398 g/mol. The van der Waals surface area contributed by atoms with Crippen LogP contribution in [0.4, 0.5) is 5.13 Å². The number of benzene rings is 1. The summed E-state index contributed by atoms with van der Waals surface area (Å²) in [7, 11) is 0. The lowest BCUT2D eigenvalue weighted by Crippen LogP contribution is -2.27. The molecule has 1 amide bonds. The van der Waals surface area contributed by atoms with Crippen LogP contribution >= 0.6 is 11.3 Å². The average molecular weight is 420 g/mol. The molecule has 0 spiro atoms. The lowest BCUT2D eigenvalue weighted by atomic mass is 10.1. The molecule has 3 heterocycles. The molecule has 0 bridgehead atoms. The van der Waals surface area contributed by atoms with Crippen molar-refractivity contribution in [2.75, 3.05) is 5.32 Å². The van der Waals surface area contributed by atoms with Crippen LogP contribution < -0.4 is 10.9 Å². The quantitative estimate of drug-likeness (QED) is 0.450. The van der Waals surface area contributed by atoms with E-state index in [4.69, 9.17) is 0 Å². The Morgan fingerprint density at radius 3 is 2.63 bits per heavy atom. The van der Waals surface area contributed by atoms with Gasteiger partial charge in [-0.05, 0) is 24.6 Å². The number of carbonyl (C=O) groups is 1. The van der Waals surface area contributed by atoms with Crippen molar-refractivity contribution in [1.29, 1.82) is 0 Å². The molecule has 0 saturated heterocycles. The maximum absolute atomic E-state index is 13.0. The number of aryl methyl sites for hydroxylation is 1. The van der Waals surface area contributed by atoms with Gasteiger partial charge in [0.15, 0.2) is 10.8 Å². The Morgan fingerprint density at radius 1 is 1.07 bits per heavy atom. The fraction of sp³-hybridized carbons (Fsp3) is 0.227. The lowest BCUT2D eigenvalue weighted by molar-refractivity contribution is 0.102. The maximum Gasteiger partial charge on any atom is 0.278 e. The van der Waals surface area contributed by atoms with Crippen molar-refractivity contribution < 1.29 is 4.79 Å². The minimum absolute atomic E-state index is 0.176. The van der Waals surface area contributed by atoms with Gasteiger partial charge >= 0.3 is 0 Å². The number of pyridine rings is 1. The summed E-state index contributed by atoms with van der Waals surface area (Å²) in [5.74, 6) is -0.391. The summed E-state index contributed by atoms with van der Waals surface area (Å²) in [4.78, 5) is 34.5. The van der Waals surface area contributed by atoms with E-state index < -0.39 is 5.91 Å². The van der Waals surface area contributed by atoms with Crippen LogP contribution in [0.15, 0.2) is 58.8 Å². The number of hydrogen-bond acceptors (Lipinski definition) is 6. The van der Waals surface area contributed by atoms with E-state index >= 15 is 0 Å². The van der Waals surface area contributed by atoms with Crippen LogP contribution in [0.1, 0.15) is 36.7 Å². The van der Waals surface area contributed by atoms with Crippen molar-refractivity contribution in [3.8, 4) is 11.4 Å². The first-order valence-electron chi connectivity index (χ1n) is 9.85. The number of hydrogen-bond donors (Lipinski definition) is 1. The van der Waals surface area contributed by atoms with E-state index in [1.54, 1.807) is 30.5 Å². The topological polar surface area (TPSA) is 89.8 Å². The van der Waals surface area contributed by atoms with Crippen LogP contribution in [-0.4, -0.2) is 25.7 Å². The first-order valence-corrected chi connectivity index (χ1v) is 10.7. The Labute approximate surface area is 177 Å². The van der Waals surface area contributed by atoms with Gasteiger partial charge in [0.25, 0.3) is 11.5 Å². The lowest BCUT2D eigenvalue weighted by Gasteiger charge is -2.10. The summed E-state index contributed by atoms with van der Waals surface area (Å²) in [5.41, 5.74) is 1.47. The summed E-state index contributed by atoms with van der Waals surface area (Å²) in [6, 6.07) is 12.7. The van der Waals surface area contributed by atoms with Crippen molar-refractivity contribution in [1.82, 2.24) is 19.7 Å². The van der Waals surface area contributed by atoms with Gasteiger partial charge in [0.05, 0.1) is 11.1 Å². The number of anilines is 1. The minimum atomic E-state index is -0.391. The van der Waals surface area contributed by atoms with Crippen LogP contribution in [-0.2, 0) is 6.54 Å². The highest BCUT2D eigenvalue weighted by Gasteiger charge is 2.18. The van der Waals surface area contributed by atoms with Gasteiger partial charge in [-0.2, -0.15) is 5.10 Å². The molecule has 7 nitrogen and oxygen atoms in total. The monoisotopic (exact) mass is 419 g/mol. The van der Waals surface area contributed by atoms with Gasteiger partial charge in [-0.15, -0.1) is 11.3 Å². The standard InChI is InChI=1S/C22H21N5O2S/c1-2-3-8-13-27-21(29)16-10-5-4-9-15(16)19(26-27)20(28)25-22-24-18(14-30-22)17-11-6-7-12-23-17/h4-7,9-12,14H,2-3,8,13H2,1H3,(H,24,25,28). The molecular formula is C22H21N5O2S. The fourth-order valence-electron chi connectivity index (χ4n) is 3.19. The summed E-state index contributed by atoms with van der Waals surface area (Å²) >= 11 is 1.32. The predicted octanol–water partition coefficient (Wildman–Crippen LogP) is 4.36. The molecule has 0 aliphatic rings. The van der Waals surface area contributed by atoms with Gasteiger partial charge in [0.2, 0.25) is 0 Å². The van der Waals surface area contributed by atoms with Crippen molar-refractivity contribution in [3.05, 3.63) is 70.1 Å². The first kappa shape index (κ1) is 19.9. The molecule has 0 aliphatic heterocycles. The number of rotatable bonds is 7. The highest BCUT2D eigenvalue weighted by molar-refractivity contribution is 7.14. The number of unbranched alkanes of at least 4 members (excludes halogenated alkanes) is 2. The summed E-state index contributed by atoms with van der Waals surface area (Å²) < 4.78 is 1.40. The third-order valence-electron chi connectivity index (χ3n) is 4.71. The highest BCUT2D eigenvalue weighted by atomic mass is 32.1. The fourth-order valence-corrected chi connectivity index (χ4v) is 3.88. The van der Waals surface area contributed by atoms with Crippen molar-refractivity contribution in [2.45, 2.75) is 32.7 Å². The second-order valence-corrected chi connectivity index (χ2v) is 7.69. The van der Waals surface area contributed by atoms with Crippen LogP contribution in [0.25, 0.3) is 22.2 Å². The van der Waals surface area contributed by atoms with Crippen molar-refractivity contribution in [2.24, 2.45) is 0 Å². The Balaban J connectivity index is 1.65. The van der Waals surface area contributed by atoms with Crippen LogP contribution in [0.3, 0.4) is 0 Å². The Bertz CT molecular complexity index is 1230. The Hall–Kier alpha value is -3.39. The summed E-state index contributed by atoms with van der Waals surface area (Å²) in [5, 5.41) is 10.5. The molecule has 152 valence electrons. The molecule has 0 unspecified atom stereocenters. The number of fused-ring (bicyclic) bond motifs is 1. The van der Waals surface area contributed by atoms with Crippen LogP contribution in [0, 0.1) is 0 Å². The van der Waals surface area contributed by atoms with Gasteiger partial charge in [0, 0.05) is 23.5 Å². The van der Waals surface area contributed by atoms with Crippen LogP contribution in [0.5, 0.6) is 0 Å². The smallest absolute Gasteiger partial charge is 0.278 e. The number of nitrogens with one attached hydrogen (secondary N) is 1. The molecule has 3 aromatic heterocycles. The van der Waals surface area contributed by atoms with Crippen molar-refractivity contribution >= 4 is 33.1 Å². The van der Waals surface area contributed by atoms with Gasteiger partial charge in [-0.3, -0.25) is 19.9 Å². The number of nitrogens with zero attached hydrogens (tertiary/aromatic N) is 4. The van der Waals surface area contributed by atoms with E-state index in [2.05, 4.69) is 27.3 Å².